The maximum atomic E-state index is 12.2. The van der Waals surface area contributed by atoms with Crippen molar-refractivity contribution in [3.63, 3.8) is 0 Å². The normalized spacial score (nSPS) is 9.91. The molecule has 2 aromatic rings. The van der Waals surface area contributed by atoms with Crippen molar-refractivity contribution in [2.75, 3.05) is 32.0 Å². The van der Waals surface area contributed by atoms with Gasteiger partial charge < -0.3 is 24.8 Å². The number of amides is 2. The number of methoxy groups -OCH3 is 3. The van der Waals surface area contributed by atoms with Crippen LogP contribution in [0.5, 0.6) is 17.2 Å². The van der Waals surface area contributed by atoms with E-state index in [9.17, 15) is 4.79 Å². The van der Waals surface area contributed by atoms with Crippen LogP contribution in [0.1, 0.15) is 5.56 Å². The van der Waals surface area contributed by atoms with Crippen LogP contribution in [0.15, 0.2) is 36.4 Å². The Morgan fingerprint density at radius 3 is 2.13 bits per heavy atom. The zero-order chi connectivity index (χ0) is 16.8. The fourth-order valence-electron chi connectivity index (χ4n) is 2.23. The Bertz CT molecular complexity index is 687. The molecule has 0 spiro atoms. The molecule has 2 N–H and O–H groups in total. The number of benzene rings is 2. The van der Waals surface area contributed by atoms with Gasteiger partial charge in [-0.25, -0.2) is 4.79 Å². The van der Waals surface area contributed by atoms with Crippen LogP contribution < -0.4 is 24.8 Å². The first-order chi connectivity index (χ1) is 11.1. The van der Waals surface area contributed by atoms with Crippen LogP contribution in [-0.4, -0.2) is 27.4 Å². The lowest BCUT2D eigenvalue weighted by molar-refractivity contribution is 0.262. The molecule has 0 atom stereocenters. The summed E-state index contributed by atoms with van der Waals surface area (Å²) < 4.78 is 16.0. The summed E-state index contributed by atoms with van der Waals surface area (Å²) in [5, 5.41) is 5.55. The number of nitrogens with one attached hydrogen (secondary N) is 2. The molecular formula is C17H20N2O4. The van der Waals surface area contributed by atoms with E-state index in [1.807, 2.05) is 25.1 Å². The first kappa shape index (κ1) is 16.5. The number of carbonyl (C=O) groups excluding carboxylic acids is 1. The summed E-state index contributed by atoms with van der Waals surface area (Å²) in [6, 6.07) is 10.6. The zero-order valence-electron chi connectivity index (χ0n) is 13.6. The minimum Gasteiger partial charge on any atom is -0.493 e. The monoisotopic (exact) mass is 316 g/mol. The summed E-state index contributed by atoms with van der Waals surface area (Å²) in [6.07, 6.45) is 0. The number of ether oxygens (including phenoxy) is 3. The number of aryl methyl sites for hydroxylation is 1. The highest BCUT2D eigenvalue weighted by Crippen LogP contribution is 2.44. The molecule has 23 heavy (non-hydrogen) atoms. The smallest absolute Gasteiger partial charge is 0.323 e. The van der Waals surface area contributed by atoms with Gasteiger partial charge in [0.15, 0.2) is 11.5 Å². The molecule has 0 saturated heterocycles. The Balaban J connectivity index is 2.30. The predicted octanol–water partition coefficient (Wildman–Crippen LogP) is 3.66. The third-order valence-corrected chi connectivity index (χ3v) is 3.30. The van der Waals surface area contributed by atoms with Gasteiger partial charge in [0.2, 0.25) is 5.75 Å². The van der Waals surface area contributed by atoms with Crippen molar-refractivity contribution >= 4 is 17.4 Å². The number of anilines is 2. The van der Waals surface area contributed by atoms with Gasteiger partial charge in [-0.2, -0.15) is 0 Å². The van der Waals surface area contributed by atoms with Crippen LogP contribution in [0.3, 0.4) is 0 Å². The number of hydrogen-bond donors (Lipinski definition) is 2. The van der Waals surface area contributed by atoms with Crippen LogP contribution in [0, 0.1) is 6.92 Å². The van der Waals surface area contributed by atoms with E-state index in [1.54, 1.807) is 25.3 Å². The fraction of sp³-hybridized carbons (Fsp3) is 0.235. The second kappa shape index (κ2) is 7.40. The highest BCUT2D eigenvalue weighted by atomic mass is 16.5. The van der Waals surface area contributed by atoms with Crippen LogP contribution in [0.4, 0.5) is 16.2 Å². The van der Waals surface area contributed by atoms with Gasteiger partial charge in [-0.15, -0.1) is 0 Å². The quantitative estimate of drug-likeness (QED) is 0.883. The second-order valence-electron chi connectivity index (χ2n) is 4.78. The maximum absolute atomic E-state index is 12.2. The summed E-state index contributed by atoms with van der Waals surface area (Å²) in [7, 11) is 4.58. The average Bonchev–Trinajstić information content (AvgIpc) is 2.56. The fourth-order valence-corrected chi connectivity index (χ4v) is 2.23. The molecular weight excluding hydrogens is 296 g/mol. The van der Waals surface area contributed by atoms with Gasteiger partial charge in [-0.1, -0.05) is 18.2 Å². The molecule has 0 aliphatic rings. The lowest BCUT2D eigenvalue weighted by Gasteiger charge is -2.18. The minimum absolute atomic E-state index is 0.371. The topological polar surface area (TPSA) is 68.8 Å². The van der Waals surface area contributed by atoms with E-state index in [-0.39, 0.29) is 6.03 Å². The zero-order valence-corrected chi connectivity index (χ0v) is 13.6. The molecule has 0 heterocycles. The van der Waals surface area contributed by atoms with E-state index in [4.69, 9.17) is 14.2 Å². The lowest BCUT2D eigenvalue weighted by Crippen LogP contribution is -2.20. The first-order valence-corrected chi connectivity index (χ1v) is 7.03. The molecule has 2 rings (SSSR count). The van der Waals surface area contributed by atoms with E-state index < -0.39 is 0 Å². The molecule has 6 heteroatoms. The Morgan fingerprint density at radius 2 is 1.57 bits per heavy atom. The summed E-state index contributed by atoms with van der Waals surface area (Å²) in [6.45, 7) is 1.85. The Kier molecular flexibility index (Phi) is 5.30. The molecule has 0 unspecified atom stereocenters. The van der Waals surface area contributed by atoms with Crippen LogP contribution >= 0.6 is 0 Å². The molecule has 0 saturated carbocycles. The Labute approximate surface area is 135 Å². The summed E-state index contributed by atoms with van der Waals surface area (Å²) in [5.74, 6) is 1.37. The number of hydrogen-bond acceptors (Lipinski definition) is 4. The third kappa shape index (κ3) is 3.66. The highest BCUT2D eigenvalue weighted by Gasteiger charge is 2.20. The van der Waals surface area contributed by atoms with Gasteiger partial charge in [0.25, 0.3) is 0 Å². The molecule has 0 radical (unpaired) electrons. The minimum atomic E-state index is -0.371. The highest BCUT2D eigenvalue weighted by molar-refractivity contribution is 6.01. The maximum Gasteiger partial charge on any atom is 0.323 e. The molecule has 6 nitrogen and oxygen atoms in total. The van der Waals surface area contributed by atoms with Gasteiger partial charge in [0, 0.05) is 5.69 Å². The van der Waals surface area contributed by atoms with Crippen molar-refractivity contribution < 1.29 is 19.0 Å². The van der Waals surface area contributed by atoms with Gasteiger partial charge in [-0.05, 0) is 30.7 Å². The summed E-state index contributed by atoms with van der Waals surface area (Å²) in [4.78, 5) is 12.2. The van der Waals surface area contributed by atoms with E-state index in [2.05, 4.69) is 10.6 Å². The molecule has 0 aliphatic carbocycles. The largest absolute Gasteiger partial charge is 0.493 e. The molecule has 0 aromatic heterocycles. The number of urea groups is 1. The van der Waals surface area contributed by atoms with Gasteiger partial charge >= 0.3 is 6.03 Å². The number of rotatable bonds is 5. The lowest BCUT2D eigenvalue weighted by atomic mass is 10.1. The molecule has 2 aromatic carbocycles. The third-order valence-electron chi connectivity index (χ3n) is 3.30. The van der Waals surface area contributed by atoms with Crippen molar-refractivity contribution in [1.29, 1.82) is 0 Å². The van der Waals surface area contributed by atoms with E-state index in [0.717, 1.165) is 5.56 Å². The van der Waals surface area contributed by atoms with Gasteiger partial charge in [0.05, 0.1) is 27.0 Å². The predicted molar refractivity (Wildman–Crippen MR) is 89.9 cm³/mol. The SMILES string of the molecule is COc1cc(C)c(NC(=O)Nc2ccccc2)c(OC)c1OC. The van der Waals surface area contributed by atoms with Crippen molar-refractivity contribution in [2.24, 2.45) is 0 Å². The Hall–Kier alpha value is -2.89. The molecule has 0 fully saturated rings. The van der Waals surface area contributed by atoms with E-state index >= 15 is 0 Å². The van der Waals surface area contributed by atoms with Crippen LogP contribution in [0.2, 0.25) is 0 Å². The van der Waals surface area contributed by atoms with Gasteiger partial charge in [0.1, 0.15) is 0 Å². The molecule has 2 amide bonds. The van der Waals surface area contributed by atoms with Crippen LogP contribution in [-0.2, 0) is 0 Å². The number of carbonyl (C=O) groups is 1. The Morgan fingerprint density at radius 1 is 0.913 bits per heavy atom. The van der Waals surface area contributed by atoms with Crippen LogP contribution in [0.25, 0.3) is 0 Å². The van der Waals surface area contributed by atoms with Crippen molar-refractivity contribution in [1.82, 2.24) is 0 Å². The second-order valence-corrected chi connectivity index (χ2v) is 4.78. The number of para-hydroxylation sites is 1. The average molecular weight is 316 g/mol. The van der Waals surface area contributed by atoms with Gasteiger partial charge in [-0.3, -0.25) is 0 Å². The van der Waals surface area contributed by atoms with E-state index in [1.165, 1.54) is 14.2 Å². The summed E-state index contributed by atoms with van der Waals surface area (Å²) >= 11 is 0. The van der Waals surface area contributed by atoms with Crippen molar-refractivity contribution in [3.05, 3.63) is 42.0 Å². The molecule has 0 aliphatic heterocycles. The summed E-state index contributed by atoms with van der Waals surface area (Å²) in [5.41, 5.74) is 2.02. The van der Waals surface area contributed by atoms with Crippen molar-refractivity contribution in [2.45, 2.75) is 6.92 Å². The molecule has 0 bridgehead atoms. The standard InChI is InChI=1S/C17H20N2O4/c1-11-10-13(21-2)15(22-3)16(23-4)14(11)19-17(20)18-12-8-6-5-7-9-12/h5-10H,1-4H3,(H2,18,19,20). The first-order valence-electron chi connectivity index (χ1n) is 7.03. The van der Waals surface area contributed by atoms with E-state index in [0.29, 0.717) is 28.6 Å². The van der Waals surface area contributed by atoms with Crippen molar-refractivity contribution in [3.8, 4) is 17.2 Å². The molecule has 122 valence electrons.